The van der Waals surface area contributed by atoms with Crippen LogP contribution in [0.3, 0.4) is 0 Å². The van der Waals surface area contributed by atoms with E-state index in [-0.39, 0.29) is 5.91 Å². The Bertz CT molecular complexity index is 683. The second-order valence-electron chi connectivity index (χ2n) is 5.93. The van der Waals surface area contributed by atoms with E-state index in [4.69, 9.17) is 4.74 Å². The zero-order valence-electron chi connectivity index (χ0n) is 11.5. The normalized spacial score (nSPS) is 36.3. The van der Waals surface area contributed by atoms with Crippen molar-refractivity contribution in [1.29, 1.82) is 0 Å². The van der Waals surface area contributed by atoms with E-state index in [0.29, 0.717) is 6.54 Å². The van der Waals surface area contributed by atoms with Gasteiger partial charge < -0.3 is 19.5 Å². The second kappa shape index (κ2) is 3.95. The first-order chi connectivity index (χ1) is 10.0. The van der Waals surface area contributed by atoms with Gasteiger partial charge in [0.05, 0.1) is 18.6 Å². The van der Waals surface area contributed by atoms with Gasteiger partial charge in [-0.25, -0.2) is 0 Å². The summed E-state index contributed by atoms with van der Waals surface area (Å²) in [5.74, 6) is -2.98. The van der Waals surface area contributed by atoms with Gasteiger partial charge in [0.1, 0.15) is 5.60 Å². The number of carbonyl (C=O) groups is 2. The van der Waals surface area contributed by atoms with Crippen LogP contribution in [-0.4, -0.2) is 30.1 Å². The van der Waals surface area contributed by atoms with Crippen LogP contribution < -0.4 is 10.0 Å². The molecule has 3 heterocycles. The molecule has 108 valence electrons. The minimum atomic E-state index is -1.21. The van der Waals surface area contributed by atoms with E-state index in [2.05, 4.69) is 0 Å². The van der Waals surface area contributed by atoms with E-state index in [0.717, 1.165) is 11.3 Å². The first kappa shape index (κ1) is 12.6. The van der Waals surface area contributed by atoms with E-state index >= 15 is 0 Å². The van der Waals surface area contributed by atoms with E-state index < -0.39 is 29.5 Å². The van der Waals surface area contributed by atoms with E-state index in [9.17, 15) is 14.7 Å². The molecule has 3 aliphatic rings. The number of para-hydroxylation sites is 1. The lowest BCUT2D eigenvalue weighted by Crippen LogP contribution is -2.45. The van der Waals surface area contributed by atoms with Crippen LogP contribution in [0.2, 0.25) is 0 Å². The van der Waals surface area contributed by atoms with Crippen molar-refractivity contribution in [3.8, 4) is 0 Å². The molecule has 0 aromatic heterocycles. The second-order valence-corrected chi connectivity index (χ2v) is 5.93. The minimum absolute atomic E-state index is 0.189. The smallest absolute Gasteiger partial charge is 0.234 e. The number of nitrogens with zero attached hydrogens (tertiary/aromatic N) is 1. The predicted octanol–water partition coefficient (Wildman–Crippen LogP) is 0.0313. The van der Waals surface area contributed by atoms with E-state index in [1.54, 1.807) is 11.0 Å². The number of aryl methyl sites for hydroxylation is 1. The number of hydrogen-bond donors (Lipinski definition) is 0. The first-order valence-corrected chi connectivity index (χ1v) is 6.98. The molecule has 1 amide bonds. The summed E-state index contributed by atoms with van der Waals surface area (Å²) in [6.45, 7) is 2.29. The molecule has 1 aromatic rings. The molecule has 5 nitrogen and oxygen atoms in total. The molecule has 0 saturated carbocycles. The summed E-state index contributed by atoms with van der Waals surface area (Å²) in [7, 11) is 0. The lowest BCUT2D eigenvalue weighted by atomic mass is 9.77. The van der Waals surface area contributed by atoms with Gasteiger partial charge in [0.15, 0.2) is 0 Å². The van der Waals surface area contributed by atoms with Gasteiger partial charge in [-0.05, 0) is 18.6 Å². The van der Waals surface area contributed by atoms with Gasteiger partial charge >= 0.3 is 0 Å². The molecule has 2 fully saturated rings. The Labute approximate surface area is 121 Å². The average molecular weight is 284 g/mol. The van der Waals surface area contributed by atoms with Crippen molar-refractivity contribution in [3.63, 3.8) is 0 Å². The summed E-state index contributed by atoms with van der Waals surface area (Å²) in [5, 5.41) is 11.4. The van der Waals surface area contributed by atoms with Crippen LogP contribution in [0.5, 0.6) is 0 Å². The largest absolute Gasteiger partial charge is 0.550 e. The summed E-state index contributed by atoms with van der Waals surface area (Å²) >= 11 is 0. The third-order valence-corrected chi connectivity index (χ3v) is 4.78. The Morgan fingerprint density at radius 2 is 2.19 bits per heavy atom. The fourth-order valence-corrected chi connectivity index (χ4v) is 3.84. The van der Waals surface area contributed by atoms with Crippen molar-refractivity contribution in [2.45, 2.75) is 18.6 Å². The summed E-state index contributed by atoms with van der Waals surface area (Å²) in [4.78, 5) is 25.8. The van der Waals surface area contributed by atoms with Crippen LogP contribution in [0.15, 0.2) is 36.4 Å². The van der Waals surface area contributed by atoms with Gasteiger partial charge in [-0.2, -0.15) is 0 Å². The Morgan fingerprint density at radius 3 is 2.90 bits per heavy atom. The maximum absolute atomic E-state index is 12.8. The average Bonchev–Trinajstić information content (AvgIpc) is 3.08. The molecule has 1 spiro atoms. The van der Waals surface area contributed by atoms with Crippen LogP contribution in [0.1, 0.15) is 5.56 Å². The molecule has 2 saturated heterocycles. The summed E-state index contributed by atoms with van der Waals surface area (Å²) < 4.78 is 5.83. The van der Waals surface area contributed by atoms with Crippen molar-refractivity contribution in [1.82, 2.24) is 0 Å². The standard InChI is InChI=1S/C16H15NO4/c1-9-4-2-3-5-10(9)17-8-16-7-6-11(21-16)12(15(19)20)13(16)14(17)18/h2-7,11-13H,8H2,1H3,(H,19,20)/p-1/t11-,12-,13+,16-/m0/s1. The molecule has 21 heavy (non-hydrogen) atoms. The van der Waals surface area contributed by atoms with E-state index in [1.807, 2.05) is 37.3 Å². The van der Waals surface area contributed by atoms with Crippen molar-refractivity contribution < 1.29 is 19.4 Å². The number of rotatable bonds is 2. The molecular formula is C16H14NO4-. The van der Waals surface area contributed by atoms with Crippen LogP contribution in [0, 0.1) is 18.8 Å². The van der Waals surface area contributed by atoms with Gasteiger partial charge in [0.25, 0.3) is 0 Å². The fraction of sp³-hybridized carbons (Fsp3) is 0.375. The molecule has 4 rings (SSSR count). The highest BCUT2D eigenvalue weighted by Crippen LogP contribution is 2.52. The number of ether oxygens (including phenoxy) is 1. The van der Waals surface area contributed by atoms with Gasteiger partial charge in [0, 0.05) is 17.6 Å². The topological polar surface area (TPSA) is 69.7 Å². The Morgan fingerprint density at radius 1 is 1.43 bits per heavy atom. The van der Waals surface area contributed by atoms with Crippen molar-refractivity contribution >= 4 is 17.6 Å². The number of fused-ring (bicyclic) bond motifs is 1. The highest BCUT2D eigenvalue weighted by atomic mass is 16.5. The molecule has 4 atom stereocenters. The number of anilines is 1. The zero-order chi connectivity index (χ0) is 14.8. The molecule has 0 aliphatic carbocycles. The van der Waals surface area contributed by atoms with Gasteiger partial charge in [-0.3, -0.25) is 4.79 Å². The number of benzene rings is 1. The molecule has 3 aliphatic heterocycles. The maximum Gasteiger partial charge on any atom is 0.234 e. The van der Waals surface area contributed by atoms with Gasteiger partial charge in [-0.15, -0.1) is 0 Å². The number of hydrogen-bond acceptors (Lipinski definition) is 4. The van der Waals surface area contributed by atoms with Crippen LogP contribution in [0.4, 0.5) is 5.69 Å². The molecular weight excluding hydrogens is 270 g/mol. The van der Waals surface area contributed by atoms with Crippen LogP contribution in [0.25, 0.3) is 0 Å². The van der Waals surface area contributed by atoms with Crippen molar-refractivity contribution in [2.24, 2.45) is 11.8 Å². The number of carboxylic acids is 1. The Hall–Kier alpha value is -2.14. The third kappa shape index (κ3) is 1.49. The monoisotopic (exact) mass is 284 g/mol. The van der Waals surface area contributed by atoms with Crippen LogP contribution in [-0.2, 0) is 14.3 Å². The lowest BCUT2D eigenvalue weighted by Gasteiger charge is -2.24. The van der Waals surface area contributed by atoms with Crippen LogP contribution >= 0.6 is 0 Å². The van der Waals surface area contributed by atoms with Gasteiger partial charge in [-0.1, -0.05) is 30.4 Å². The van der Waals surface area contributed by atoms with Crippen molar-refractivity contribution in [3.05, 3.63) is 42.0 Å². The summed E-state index contributed by atoms with van der Waals surface area (Å²) in [6.07, 6.45) is 3.05. The lowest BCUT2D eigenvalue weighted by molar-refractivity contribution is -0.313. The highest BCUT2D eigenvalue weighted by molar-refractivity contribution is 6.02. The molecule has 1 aromatic carbocycles. The highest BCUT2D eigenvalue weighted by Gasteiger charge is 2.65. The molecule has 0 N–H and O–H groups in total. The Kier molecular flexibility index (Phi) is 2.37. The molecule has 5 heteroatoms. The summed E-state index contributed by atoms with van der Waals surface area (Å²) in [5.41, 5.74) is 0.976. The number of carbonyl (C=O) groups excluding carboxylic acids is 2. The number of carboxylic acid groups (broad SMARTS) is 1. The van der Waals surface area contributed by atoms with Gasteiger partial charge in [0.2, 0.25) is 5.91 Å². The molecule has 0 radical (unpaired) electrons. The molecule has 0 unspecified atom stereocenters. The quantitative estimate of drug-likeness (QED) is 0.719. The fourth-order valence-electron chi connectivity index (χ4n) is 3.84. The van der Waals surface area contributed by atoms with Crippen molar-refractivity contribution in [2.75, 3.05) is 11.4 Å². The number of amides is 1. The maximum atomic E-state index is 12.8. The van der Waals surface area contributed by atoms with E-state index in [1.165, 1.54) is 0 Å². The SMILES string of the molecule is Cc1ccccc1N1C[C@]23C=C[C@H](O2)[C@H](C(=O)[O-])[C@@H]3C1=O. The zero-order valence-corrected chi connectivity index (χ0v) is 11.5. The Balaban J connectivity index is 1.78. The first-order valence-electron chi connectivity index (χ1n) is 6.98. The minimum Gasteiger partial charge on any atom is -0.550 e. The number of aliphatic carboxylic acids is 1. The third-order valence-electron chi connectivity index (χ3n) is 4.78. The molecule has 2 bridgehead atoms. The summed E-state index contributed by atoms with van der Waals surface area (Å²) in [6, 6.07) is 7.57. The predicted molar refractivity (Wildman–Crippen MR) is 72.3 cm³/mol.